The van der Waals surface area contributed by atoms with E-state index in [1.807, 2.05) is 20.8 Å². The number of H-pyrrole nitrogens is 1. The zero-order chi connectivity index (χ0) is 30.5. The summed E-state index contributed by atoms with van der Waals surface area (Å²) in [6, 6.07) is 4.87. The highest BCUT2D eigenvalue weighted by molar-refractivity contribution is 6.00. The van der Waals surface area contributed by atoms with Crippen molar-refractivity contribution in [1.29, 1.82) is 0 Å². The Hall–Kier alpha value is -3.87. The van der Waals surface area contributed by atoms with Gasteiger partial charge in [-0.05, 0) is 71.6 Å². The Morgan fingerprint density at radius 3 is 2.55 bits per heavy atom. The molecule has 1 aromatic carbocycles. The minimum absolute atomic E-state index is 0.00602. The predicted octanol–water partition coefficient (Wildman–Crippen LogP) is 5.66. The van der Waals surface area contributed by atoms with Crippen LogP contribution in [0.1, 0.15) is 68.8 Å². The van der Waals surface area contributed by atoms with Crippen LogP contribution in [0.3, 0.4) is 0 Å². The van der Waals surface area contributed by atoms with E-state index in [9.17, 15) is 22.8 Å². The second-order valence-electron chi connectivity index (χ2n) is 11.3. The van der Waals surface area contributed by atoms with E-state index in [0.29, 0.717) is 17.4 Å². The summed E-state index contributed by atoms with van der Waals surface area (Å²) < 4.78 is 51.8. The molecule has 2 atom stereocenters. The van der Waals surface area contributed by atoms with E-state index in [0.717, 1.165) is 44.8 Å². The summed E-state index contributed by atoms with van der Waals surface area (Å²) in [5.74, 6) is -0.422. The minimum atomic E-state index is -4.66. The minimum Gasteiger partial charge on any atom is -0.465 e. The summed E-state index contributed by atoms with van der Waals surface area (Å²) in [6.45, 7) is 6.76. The maximum absolute atomic E-state index is 13.9. The first-order valence-electron chi connectivity index (χ1n) is 13.9. The fourth-order valence-electron chi connectivity index (χ4n) is 4.97. The standard InChI is InChI=1S/C29H37F3N6O4/c1-28(2,3)42-27(40)34-12-6-5-11-33-18-8-9-19(14-18)37-26-36-16-22(29(30,31)32)24(38-26)21-15-35-23-13-17(25(39)41-4)7-10-20(21)23/h7,10,13,15-16,18-19,33,35H,5-6,8-9,11-12,14H2,1-4H3,(H,34,40)(H,36,37,38)/t18-,19-/m0/s1. The van der Waals surface area contributed by atoms with E-state index in [-0.39, 0.29) is 34.9 Å². The smallest absolute Gasteiger partial charge is 0.419 e. The van der Waals surface area contributed by atoms with Crippen molar-refractivity contribution in [3.05, 3.63) is 41.7 Å². The molecule has 0 bridgehead atoms. The summed E-state index contributed by atoms with van der Waals surface area (Å²) in [7, 11) is 1.26. The Morgan fingerprint density at radius 1 is 1.10 bits per heavy atom. The van der Waals surface area contributed by atoms with Gasteiger partial charge in [-0.3, -0.25) is 0 Å². The molecule has 0 radical (unpaired) electrons. The van der Waals surface area contributed by atoms with Gasteiger partial charge in [-0.25, -0.2) is 19.6 Å². The number of aromatic amines is 1. The van der Waals surface area contributed by atoms with Crippen LogP contribution in [0.15, 0.2) is 30.6 Å². The maximum atomic E-state index is 13.9. The molecule has 3 aromatic rings. The number of rotatable bonds is 10. The lowest BCUT2D eigenvalue weighted by atomic mass is 10.0. The van der Waals surface area contributed by atoms with Crippen molar-refractivity contribution in [2.24, 2.45) is 0 Å². The Bertz CT molecular complexity index is 1400. The lowest BCUT2D eigenvalue weighted by Gasteiger charge is -2.19. The normalized spacial score (nSPS) is 17.3. The topological polar surface area (TPSA) is 130 Å². The van der Waals surface area contributed by atoms with Crippen molar-refractivity contribution >= 4 is 28.9 Å². The molecule has 13 heteroatoms. The van der Waals surface area contributed by atoms with Crippen molar-refractivity contribution in [1.82, 2.24) is 25.6 Å². The Balaban J connectivity index is 1.35. The number of hydrogen-bond donors (Lipinski definition) is 4. The highest BCUT2D eigenvalue weighted by Crippen LogP contribution is 2.39. The maximum Gasteiger partial charge on any atom is 0.419 e. The van der Waals surface area contributed by atoms with Crippen molar-refractivity contribution in [2.45, 2.75) is 76.7 Å². The summed E-state index contributed by atoms with van der Waals surface area (Å²) >= 11 is 0. The van der Waals surface area contributed by atoms with Gasteiger partial charge in [0.2, 0.25) is 5.95 Å². The summed E-state index contributed by atoms with van der Waals surface area (Å²) in [5, 5.41) is 9.96. The van der Waals surface area contributed by atoms with Crippen molar-refractivity contribution in [3.63, 3.8) is 0 Å². The highest BCUT2D eigenvalue weighted by atomic mass is 19.4. The molecule has 1 fully saturated rings. The van der Waals surface area contributed by atoms with Crippen LogP contribution >= 0.6 is 0 Å². The van der Waals surface area contributed by atoms with E-state index in [2.05, 4.69) is 30.9 Å². The average Bonchev–Trinajstić information content (AvgIpc) is 3.54. The number of hydrogen-bond acceptors (Lipinski definition) is 8. The molecule has 1 aliphatic rings. The number of carbonyl (C=O) groups is 2. The monoisotopic (exact) mass is 590 g/mol. The van der Waals surface area contributed by atoms with Crippen LogP contribution in [-0.4, -0.2) is 64.9 Å². The highest BCUT2D eigenvalue weighted by Gasteiger charge is 2.36. The number of fused-ring (bicyclic) bond motifs is 1. The third kappa shape index (κ3) is 8.11. The first-order chi connectivity index (χ1) is 19.8. The number of alkyl carbamates (subject to hydrolysis) is 1. The van der Waals surface area contributed by atoms with E-state index in [1.54, 1.807) is 6.07 Å². The SMILES string of the molecule is COC(=O)c1ccc2c(-c3nc(N[C@H]4CC[C@H](NCCCCNC(=O)OC(C)(C)C)C4)ncc3C(F)(F)F)c[nH]c2c1. The summed E-state index contributed by atoms with van der Waals surface area (Å²) in [6.07, 6.45) is 1.36. The number of nitrogens with zero attached hydrogens (tertiary/aromatic N) is 2. The Labute approximate surface area is 242 Å². The number of benzene rings is 1. The Morgan fingerprint density at radius 2 is 1.83 bits per heavy atom. The van der Waals surface area contributed by atoms with Gasteiger partial charge in [0.05, 0.1) is 18.4 Å². The number of halogens is 3. The second-order valence-corrected chi connectivity index (χ2v) is 11.3. The zero-order valence-electron chi connectivity index (χ0n) is 24.2. The first kappa shape index (κ1) is 31.1. The number of carbonyl (C=O) groups excluding carboxylic acids is 2. The van der Waals surface area contributed by atoms with Crippen LogP contribution in [0.4, 0.5) is 23.9 Å². The first-order valence-corrected chi connectivity index (χ1v) is 13.9. The summed E-state index contributed by atoms with van der Waals surface area (Å²) in [5.41, 5.74) is -0.700. The van der Waals surface area contributed by atoms with Gasteiger partial charge in [-0.1, -0.05) is 6.07 Å². The molecule has 2 aromatic heterocycles. The van der Waals surface area contributed by atoms with Crippen LogP contribution in [0.5, 0.6) is 0 Å². The molecule has 4 N–H and O–H groups in total. The molecule has 1 amide bonds. The van der Waals surface area contributed by atoms with Gasteiger partial charge < -0.3 is 30.4 Å². The van der Waals surface area contributed by atoms with Crippen LogP contribution in [-0.2, 0) is 15.7 Å². The van der Waals surface area contributed by atoms with Gasteiger partial charge in [0.25, 0.3) is 0 Å². The second kappa shape index (κ2) is 13.0. The van der Waals surface area contributed by atoms with Gasteiger partial charge in [-0.2, -0.15) is 13.2 Å². The Kier molecular flexibility index (Phi) is 9.60. The van der Waals surface area contributed by atoms with Crippen LogP contribution in [0.25, 0.3) is 22.2 Å². The van der Waals surface area contributed by atoms with Crippen molar-refractivity contribution < 1.29 is 32.2 Å². The number of esters is 1. The van der Waals surface area contributed by atoms with Gasteiger partial charge in [0.15, 0.2) is 0 Å². The molecule has 0 aliphatic heterocycles. The van der Waals surface area contributed by atoms with Crippen LogP contribution < -0.4 is 16.0 Å². The number of amides is 1. The molecule has 0 saturated heterocycles. The molecular formula is C29H37F3N6O4. The fourth-order valence-corrected chi connectivity index (χ4v) is 4.97. The van der Waals surface area contributed by atoms with E-state index < -0.39 is 29.4 Å². The zero-order valence-corrected chi connectivity index (χ0v) is 24.2. The molecule has 0 unspecified atom stereocenters. The summed E-state index contributed by atoms with van der Waals surface area (Å²) in [4.78, 5) is 34.8. The average molecular weight is 591 g/mol. The van der Waals surface area contributed by atoms with Gasteiger partial charge >= 0.3 is 18.2 Å². The number of unbranched alkanes of at least 4 members (excludes halogenated alkanes) is 1. The van der Waals surface area contributed by atoms with E-state index in [1.165, 1.54) is 25.4 Å². The number of anilines is 1. The van der Waals surface area contributed by atoms with E-state index in [4.69, 9.17) is 9.47 Å². The molecule has 42 heavy (non-hydrogen) atoms. The molecule has 10 nitrogen and oxygen atoms in total. The molecule has 4 rings (SSSR count). The quantitative estimate of drug-likeness (QED) is 0.176. The molecular weight excluding hydrogens is 553 g/mol. The molecule has 2 heterocycles. The van der Waals surface area contributed by atoms with Crippen LogP contribution in [0.2, 0.25) is 0 Å². The number of aromatic nitrogens is 3. The van der Waals surface area contributed by atoms with Gasteiger partial charge in [0, 0.05) is 47.5 Å². The number of alkyl halides is 3. The fraction of sp³-hybridized carbons (Fsp3) is 0.517. The van der Waals surface area contributed by atoms with Gasteiger partial charge in [0.1, 0.15) is 11.2 Å². The van der Waals surface area contributed by atoms with Crippen molar-refractivity contribution in [3.8, 4) is 11.3 Å². The lowest BCUT2D eigenvalue weighted by Crippen LogP contribution is -2.33. The van der Waals surface area contributed by atoms with E-state index >= 15 is 0 Å². The molecule has 1 saturated carbocycles. The third-order valence-electron chi connectivity index (χ3n) is 6.92. The van der Waals surface area contributed by atoms with Crippen molar-refractivity contribution in [2.75, 3.05) is 25.5 Å². The number of methoxy groups -OCH3 is 1. The van der Waals surface area contributed by atoms with Gasteiger partial charge in [-0.15, -0.1) is 0 Å². The molecule has 228 valence electrons. The predicted molar refractivity (Wildman–Crippen MR) is 152 cm³/mol. The largest absolute Gasteiger partial charge is 0.465 e. The molecule has 0 spiro atoms. The molecule has 1 aliphatic carbocycles. The van der Waals surface area contributed by atoms with Crippen LogP contribution in [0, 0.1) is 0 Å². The number of ether oxygens (including phenoxy) is 2. The lowest BCUT2D eigenvalue weighted by molar-refractivity contribution is -0.137. The third-order valence-corrected chi connectivity index (χ3v) is 6.92. The number of nitrogens with one attached hydrogen (secondary N) is 4.